The molecule has 100 valence electrons. The summed E-state index contributed by atoms with van der Waals surface area (Å²) in [5, 5.41) is 9.09. The van der Waals surface area contributed by atoms with Gasteiger partial charge < -0.3 is 9.63 Å². The Kier molecular flexibility index (Phi) is 4.22. The second-order valence-electron chi connectivity index (χ2n) is 3.81. The third kappa shape index (κ3) is 4.41. The zero-order valence-corrected chi connectivity index (χ0v) is 10.9. The molecule has 0 spiro atoms. The van der Waals surface area contributed by atoms with Crippen LogP contribution < -0.4 is 4.52 Å². The van der Waals surface area contributed by atoms with E-state index >= 15 is 0 Å². The van der Waals surface area contributed by atoms with Crippen molar-refractivity contribution < 1.29 is 23.6 Å². The summed E-state index contributed by atoms with van der Waals surface area (Å²) in [5.41, 5.74) is 0.770. The largest absolute Gasteiger partial charge is 0.527 e. The van der Waals surface area contributed by atoms with Gasteiger partial charge in [0.25, 0.3) is 0 Å². The molecule has 0 bridgehead atoms. The van der Waals surface area contributed by atoms with Crippen molar-refractivity contribution in [1.82, 2.24) is 0 Å². The van der Waals surface area contributed by atoms with Gasteiger partial charge in [0.15, 0.2) is 0 Å². The van der Waals surface area contributed by atoms with E-state index in [0.29, 0.717) is 0 Å². The van der Waals surface area contributed by atoms with E-state index in [1.807, 2.05) is 18.2 Å². The molecule has 2 aromatic rings. The van der Waals surface area contributed by atoms with Crippen LogP contribution in [0, 0.1) is 0 Å². The summed E-state index contributed by atoms with van der Waals surface area (Å²) in [7, 11) is -4.18. The predicted octanol–water partition coefficient (Wildman–Crippen LogP) is 3.09. The molecule has 2 N–H and O–H groups in total. The van der Waals surface area contributed by atoms with Crippen molar-refractivity contribution in [3.05, 3.63) is 60.2 Å². The van der Waals surface area contributed by atoms with Crippen molar-refractivity contribution in [3.63, 3.8) is 0 Å². The highest BCUT2D eigenvalue weighted by Crippen LogP contribution is 2.44. The van der Waals surface area contributed by atoms with Crippen molar-refractivity contribution in [2.75, 3.05) is 0 Å². The summed E-state index contributed by atoms with van der Waals surface area (Å²) in [4.78, 5) is 9.55. The van der Waals surface area contributed by atoms with Crippen LogP contribution in [0.5, 0.6) is 11.5 Å². The Balaban J connectivity index is 1.95. The molecule has 0 aliphatic heterocycles. The van der Waals surface area contributed by atoms with E-state index in [9.17, 15) is 9.46 Å². The summed E-state index contributed by atoms with van der Waals surface area (Å²) in [5.74, 6) is 0.196. The number of rotatable bonds is 5. The molecule has 0 aromatic heterocycles. The minimum Gasteiger partial charge on any atom is -0.508 e. The van der Waals surface area contributed by atoms with E-state index in [-0.39, 0.29) is 18.1 Å². The highest BCUT2D eigenvalue weighted by atomic mass is 31.2. The van der Waals surface area contributed by atoms with Gasteiger partial charge in [0.05, 0.1) is 6.61 Å². The van der Waals surface area contributed by atoms with Gasteiger partial charge in [-0.2, -0.15) is 0 Å². The zero-order chi connectivity index (χ0) is 13.7. The van der Waals surface area contributed by atoms with Gasteiger partial charge in [-0.25, -0.2) is 4.57 Å². The van der Waals surface area contributed by atoms with Crippen LogP contribution >= 0.6 is 7.82 Å². The maximum atomic E-state index is 11.7. The Labute approximate surface area is 110 Å². The van der Waals surface area contributed by atoms with Crippen molar-refractivity contribution >= 4 is 7.82 Å². The van der Waals surface area contributed by atoms with Crippen molar-refractivity contribution in [2.24, 2.45) is 0 Å². The average molecular weight is 280 g/mol. The van der Waals surface area contributed by atoms with E-state index in [4.69, 9.17) is 14.2 Å². The second kappa shape index (κ2) is 5.89. The summed E-state index contributed by atoms with van der Waals surface area (Å²) in [6, 6.07) is 14.5. The van der Waals surface area contributed by atoms with E-state index in [1.54, 1.807) is 12.1 Å². The quantitative estimate of drug-likeness (QED) is 0.823. The monoisotopic (exact) mass is 280 g/mol. The first kappa shape index (κ1) is 13.6. The highest BCUT2D eigenvalue weighted by Gasteiger charge is 2.22. The first-order valence-corrected chi connectivity index (χ1v) is 7.05. The molecule has 6 heteroatoms. The van der Waals surface area contributed by atoms with E-state index in [2.05, 4.69) is 0 Å². The Morgan fingerprint density at radius 1 is 1.00 bits per heavy atom. The predicted molar refractivity (Wildman–Crippen MR) is 69.8 cm³/mol. The smallest absolute Gasteiger partial charge is 0.508 e. The number of phenols is 1. The lowest BCUT2D eigenvalue weighted by Gasteiger charge is -2.13. The molecule has 5 nitrogen and oxygen atoms in total. The molecule has 1 unspecified atom stereocenters. The normalized spacial score (nSPS) is 13.7. The van der Waals surface area contributed by atoms with Gasteiger partial charge in [-0.3, -0.25) is 9.42 Å². The molecule has 0 fully saturated rings. The molecular weight excluding hydrogens is 267 g/mol. The summed E-state index contributed by atoms with van der Waals surface area (Å²) >= 11 is 0. The number of phosphoric acid groups is 1. The average Bonchev–Trinajstić information content (AvgIpc) is 2.40. The maximum absolute atomic E-state index is 11.7. The standard InChI is InChI=1S/C13H13O5P/c14-12-6-8-13(9-7-12)18-19(15,16)17-10-11-4-2-1-3-5-11/h1-9,14H,10H2,(H,15,16). The number of hydrogen-bond acceptors (Lipinski definition) is 4. The fourth-order valence-corrected chi connectivity index (χ4v) is 2.15. The van der Waals surface area contributed by atoms with Crippen LogP contribution in [-0.4, -0.2) is 10.00 Å². The van der Waals surface area contributed by atoms with Gasteiger partial charge in [-0.05, 0) is 29.8 Å². The molecular formula is C13H13O5P. The molecule has 0 amide bonds. The minimum absolute atomic E-state index is 0.0211. The van der Waals surface area contributed by atoms with Crippen molar-refractivity contribution in [3.8, 4) is 11.5 Å². The lowest BCUT2D eigenvalue weighted by Crippen LogP contribution is -1.97. The number of benzene rings is 2. The third-order valence-corrected chi connectivity index (χ3v) is 3.19. The summed E-state index contributed by atoms with van der Waals surface area (Å²) in [6.07, 6.45) is 0. The first-order chi connectivity index (χ1) is 9.05. The van der Waals surface area contributed by atoms with Crippen LogP contribution in [0.4, 0.5) is 0 Å². The van der Waals surface area contributed by atoms with Gasteiger partial charge in [0.2, 0.25) is 0 Å². The summed E-state index contributed by atoms with van der Waals surface area (Å²) in [6.45, 7) is -0.0211. The SMILES string of the molecule is O=P(O)(OCc1ccccc1)Oc1ccc(O)cc1. The van der Waals surface area contributed by atoms with E-state index < -0.39 is 7.82 Å². The van der Waals surface area contributed by atoms with Crippen LogP contribution in [-0.2, 0) is 15.7 Å². The van der Waals surface area contributed by atoms with Crippen LogP contribution in [0.3, 0.4) is 0 Å². The van der Waals surface area contributed by atoms with E-state index in [1.165, 1.54) is 24.3 Å². The first-order valence-electron chi connectivity index (χ1n) is 5.55. The maximum Gasteiger partial charge on any atom is 0.527 e. The highest BCUT2D eigenvalue weighted by molar-refractivity contribution is 7.47. The molecule has 0 aliphatic carbocycles. The number of phosphoric ester groups is 1. The van der Waals surface area contributed by atoms with Gasteiger partial charge in [0.1, 0.15) is 11.5 Å². The van der Waals surface area contributed by atoms with Crippen LogP contribution in [0.15, 0.2) is 54.6 Å². The molecule has 1 atom stereocenters. The van der Waals surface area contributed by atoms with Gasteiger partial charge in [0, 0.05) is 0 Å². The molecule has 0 saturated heterocycles. The van der Waals surface area contributed by atoms with Crippen molar-refractivity contribution in [1.29, 1.82) is 0 Å². The molecule has 0 saturated carbocycles. The Morgan fingerprint density at radius 2 is 1.63 bits per heavy atom. The van der Waals surface area contributed by atoms with Gasteiger partial charge in [-0.15, -0.1) is 0 Å². The minimum atomic E-state index is -4.18. The third-order valence-electron chi connectivity index (χ3n) is 2.29. The zero-order valence-electron chi connectivity index (χ0n) is 9.97. The molecule has 19 heavy (non-hydrogen) atoms. The van der Waals surface area contributed by atoms with Gasteiger partial charge >= 0.3 is 7.82 Å². The molecule has 0 heterocycles. The van der Waals surface area contributed by atoms with Crippen LogP contribution in [0.1, 0.15) is 5.56 Å². The molecule has 0 aliphatic rings. The van der Waals surface area contributed by atoms with Crippen molar-refractivity contribution in [2.45, 2.75) is 6.61 Å². The topological polar surface area (TPSA) is 76.0 Å². The number of aromatic hydroxyl groups is 1. The number of hydrogen-bond donors (Lipinski definition) is 2. The lowest BCUT2D eigenvalue weighted by molar-refractivity contribution is 0.195. The molecule has 0 radical (unpaired) electrons. The lowest BCUT2D eigenvalue weighted by atomic mass is 10.2. The fraction of sp³-hybridized carbons (Fsp3) is 0.0769. The van der Waals surface area contributed by atoms with Crippen LogP contribution in [0.2, 0.25) is 0 Å². The van der Waals surface area contributed by atoms with Gasteiger partial charge in [-0.1, -0.05) is 30.3 Å². The van der Waals surface area contributed by atoms with E-state index in [0.717, 1.165) is 5.56 Å². The number of phenolic OH excluding ortho intramolecular Hbond substituents is 1. The summed E-state index contributed by atoms with van der Waals surface area (Å²) < 4.78 is 21.4. The molecule has 2 rings (SSSR count). The fourth-order valence-electron chi connectivity index (χ4n) is 1.40. The second-order valence-corrected chi connectivity index (χ2v) is 5.19. The molecule has 2 aromatic carbocycles. The Morgan fingerprint density at radius 3 is 2.26 bits per heavy atom. The Hall–Kier alpha value is -1.81. The Bertz CT molecular complexity index is 567. The van der Waals surface area contributed by atoms with Crippen LogP contribution in [0.25, 0.3) is 0 Å².